The van der Waals surface area contributed by atoms with Gasteiger partial charge in [-0.3, -0.25) is 14.5 Å². The first kappa shape index (κ1) is 31.8. The Morgan fingerprint density at radius 3 is 2.74 bits per heavy atom. The molecule has 2 amide bonds. The van der Waals surface area contributed by atoms with Crippen molar-refractivity contribution in [3.05, 3.63) is 51.9 Å². The number of oxime groups is 1. The number of carboxylic acids is 2. The summed E-state index contributed by atoms with van der Waals surface area (Å²) in [6.45, 7) is 1.96. The van der Waals surface area contributed by atoms with Crippen LogP contribution in [-0.4, -0.2) is 90.5 Å². The number of nitrogen functional groups attached to an aromatic ring is 1. The van der Waals surface area contributed by atoms with E-state index in [0.29, 0.717) is 11.3 Å². The number of carbonyl (C=O) groups is 4. The standard InChI is InChI=1S/C28H29ClN8O7S2/c1-31-8-3-10-35-11-5-16-15(35)4-2-9-36(16)12-14-13-45-24-19(23(39)37(24)20(14)25(40)41)32-22(38)18(17-21(29)46-27(30)33-17)34-44-28(6-7-28)26(42)43/h2,4-5,9,11,19,24,31H,3,6-8,10,12-13H2,1H3,(H4-,30,32,33,38,40,41,42,43)/p+1. The monoisotopic (exact) mass is 689 g/mol. The largest absolute Gasteiger partial charge is 0.478 e. The van der Waals surface area contributed by atoms with Crippen molar-refractivity contribution in [1.29, 1.82) is 0 Å². The Hall–Kier alpha value is -4.19. The normalized spacial score (nSPS) is 20.3. The van der Waals surface area contributed by atoms with Crippen LogP contribution in [0, 0.1) is 0 Å². The predicted molar refractivity (Wildman–Crippen MR) is 169 cm³/mol. The number of aromatic nitrogens is 3. The number of thiazole rings is 1. The minimum absolute atomic E-state index is 0.0188. The highest BCUT2D eigenvalue weighted by molar-refractivity contribution is 8.00. The van der Waals surface area contributed by atoms with Crippen LogP contribution in [0.15, 0.2) is 47.0 Å². The average molecular weight is 690 g/mol. The first-order valence-corrected chi connectivity index (χ1v) is 16.5. The quantitative estimate of drug-likeness (QED) is 0.0563. The van der Waals surface area contributed by atoms with Gasteiger partial charge in [0.15, 0.2) is 23.6 Å². The number of nitrogens with zero attached hydrogens (tertiary/aromatic N) is 5. The molecule has 3 aliphatic rings. The van der Waals surface area contributed by atoms with Gasteiger partial charge in [-0.15, -0.1) is 11.8 Å². The lowest BCUT2D eigenvalue weighted by Crippen LogP contribution is -2.71. The van der Waals surface area contributed by atoms with Crippen molar-refractivity contribution in [2.45, 2.75) is 49.4 Å². The third-order valence-electron chi connectivity index (χ3n) is 7.98. The molecule has 3 aromatic rings. The fourth-order valence-electron chi connectivity index (χ4n) is 5.44. The van der Waals surface area contributed by atoms with Gasteiger partial charge in [-0.05, 0) is 26.1 Å². The van der Waals surface area contributed by atoms with Crippen molar-refractivity contribution in [2.75, 3.05) is 25.1 Å². The molecule has 46 heavy (non-hydrogen) atoms. The van der Waals surface area contributed by atoms with E-state index in [1.807, 2.05) is 42.2 Å². The van der Waals surface area contributed by atoms with E-state index in [0.717, 1.165) is 41.9 Å². The number of nitrogens with one attached hydrogen (secondary N) is 2. The van der Waals surface area contributed by atoms with Gasteiger partial charge in [0.1, 0.15) is 32.7 Å². The second kappa shape index (κ2) is 12.5. The Morgan fingerprint density at radius 2 is 2.09 bits per heavy atom. The Morgan fingerprint density at radius 1 is 1.30 bits per heavy atom. The van der Waals surface area contributed by atoms with Crippen molar-refractivity contribution in [3.63, 3.8) is 0 Å². The summed E-state index contributed by atoms with van der Waals surface area (Å²) in [5.74, 6) is -3.70. The molecule has 1 aliphatic carbocycles. The number of carboxylic acid groups (broad SMARTS) is 2. The highest BCUT2D eigenvalue weighted by Gasteiger charge is 2.56. The van der Waals surface area contributed by atoms with Crippen LogP contribution in [0.3, 0.4) is 0 Å². The highest BCUT2D eigenvalue weighted by Crippen LogP contribution is 2.42. The number of pyridine rings is 1. The van der Waals surface area contributed by atoms with E-state index in [9.17, 15) is 29.4 Å². The number of hydrogen-bond acceptors (Lipinski definition) is 11. The van der Waals surface area contributed by atoms with E-state index in [-0.39, 0.29) is 40.2 Å². The Labute approximate surface area is 275 Å². The van der Waals surface area contributed by atoms with Gasteiger partial charge in [-0.25, -0.2) is 14.6 Å². The summed E-state index contributed by atoms with van der Waals surface area (Å²) < 4.78 is 4.13. The van der Waals surface area contributed by atoms with Crippen LogP contribution in [0.2, 0.25) is 4.34 Å². The van der Waals surface area contributed by atoms with Crippen molar-refractivity contribution >= 4 is 80.3 Å². The van der Waals surface area contributed by atoms with Crippen molar-refractivity contribution in [3.8, 4) is 0 Å². The molecular weight excluding hydrogens is 660 g/mol. The zero-order valence-electron chi connectivity index (χ0n) is 24.4. The van der Waals surface area contributed by atoms with Crippen molar-refractivity contribution < 1.29 is 38.8 Å². The first-order chi connectivity index (χ1) is 22.0. The summed E-state index contributed by atoms with van der Waals surface area (Å²) in [7, 11) is 1.91. The van der Waals surface area contributed by atoms with Crippen LogP contribution in [0.25, 0.3) is 11.0 Å². The third-order valence-corrected chi connectivity index (χ3v) is 10.4. The maximum Gasteiger partial charge on any atom is 0.352 e. The molecule has 6 rings (SSSR count). The van der Waals surface area contributed by atoms with Crippen LogP contribution >= 0.6 is 34.7 Å². The Bertz CT molecular complexity index is 1820. The Kier molecular flexibility index (Phi) is 8.66. The van der Waals surface area contributed by atoms with Crippen LogP contribution in [-0.2, 0) is 37.1 Å². The molecule has 2 atom stereocenters. The van der Waals surface area contributed by atoms with E-state index in [2.05, 4.69) is 25.3 Å². The van der Waals surface area contributed by atoms with Crippen LogP contribution < -0.4 is 20.9 Å². The van der Waals surface area contributed by atoms with Gasteiger partial charge >= 0.3 is 11.9 Å². The number of thioether (sulfide) groups is 1. The van der Waals surface area contributed by atoms with E-state index in [1.54, 1.807) is 0 Å². The smallest absolute Gasteiger partial charge is 0.352 e. The average Bonchev–Trinajstić information content (AvgIpc) is 3.60. The second-order valence-electron chi connectivity index (χ2n) is 11.0. The molecule has 1 saturated carbocycles. The lowest BCUT2D eigenvalue weighted by Gasteiger charge is -2.49. The molecule has 0 spiro atoms. The molecule has 3 aromatic heterocycles. The van der Waals surface area contributed by atoms with Gasteiger partial charge in [-0.2, -0.15) is 4.57 Å². The molecule has 5 heterocycles. The lowest BCUT2D eigenvalue weighted by molar-refractivity contribution is -0.663. The van der Waals surface area contributed by atoms with E-state index in [1.165, 1.54) is 16.7 Å². The highest BCUT2D eigenvalue weighted by atomic mass is 35.5. The first-order valence-electron chi connectivity index (χ1n) is 14.3. The zero-order valence-corrected chi connectivity index (χ0v) is 26.8. The number of rotatable bonds is 13. The summed E-state index contributed by atoms with van der Waals surface area (Å²) in [6.07, 6.45) is 5.22. The number of amides is 2. The second-order valence-corrected chi connectivity index (χ2v) is 13.7. The minimum Gasteiger partial charge on any atom is -0.478 e. The number of β-lactam (4-membered cyclic amide) rings is 1. The van der Waals surface area contributed by atoms with Gasteiger partial charge in [0.2, 0.25) is 11.1 Å². The number of aryl methyl sites for hydroxylation is 1. The fourth-order valence-corrected chi connectivity index (χ4v) is 7.70. The van der Waals surface area contributed by atoms with Crippen molar-refractivity contribution in [2.24, 2.45) is 5.16 Å². The van der Waals surface area contributed by atoms with Gasteiger partial charge in [0.25, 0.3) is 11.8 Å². The predicted octanol–water partition coefficient (Wildman–Crippen LogP) is 1.01. The molecule has 1 saturated heterocycles. The minimum atomic E-state index is -1.56. The molecule has 242 valence electrons. The summed E-state index contributed by atoms with van der Waals surface area (Å²) >= 11 is 8.43. The van der Waals surface area contributed by atoms with Gasteiger partial charge in [0, 0.05) is 49.0 Å². The lowest BCUT2D eigenvalue weighted by atomic mass is 10.0. The molecule has 2 fully saturated rings. The third kappa shape index (κ3) is 5.78. The number of halogens is 1. The maximum atomic E-state index is 13.4. The molecule has 0 aromatic carbocycles. The number of nitrogens with two attached hydrogens (primary N) is 1. The summed E-state index contributed by atoms with van der Waals surface area (Å²) in [6, 6.07) is 4.81. The van der Waals surface area contributed by atoms with Crippen molar-refractivity contribution in [1.82, 2.24) is 25.1 Å². The van der Waals surface area contributed by atoms with E-state index < -0.39 is 46.5 Å². The number of aliphatic carboxylic acids is 2. The Balaban J connectivity index is 1.22. The fraction of sp³-hybridized carbons (Fsp3) is 0.393. The molecular formula is C28H30ClN8O7S2+. The molecule has 2 aliphatic heterocycles. The molecule has 18 heteroatoms. The van der Waals surface area contributed by atoms with Crippen LogP contribution in [0.1, 0.15) is 25.0 Å². The van der Waals surface area contributed by atoms with Gasteiger partial charge in [0.05, 0.1) is 0 Å². The molecule has 2 unspecified atom stereocenters. The maximum absolute atomic E-state index is 13.4. The topological polar surface area (TPSA) is 205 Å². The summed E-state index contributed by atoms with van der Waals surface area (Å²) in [5.41, 5.74) is 5.99. The molecule has 6 N–H and O–H groups in total. The molecule has 15 nitrogen and oxygen atoms in total. The van der Waals surface area contributed by atoms with Gasteiger partial charge in [-0.1, -0.05) is 28.1 Å². The van der Waals surface area contributed by atoms with Crippen LogP contribution in [0.4, 0.5) is 5.13 Å². The van der Waals surface area contributed by atoms with Crippen LogP contribution in [0.5, 0.6) is 0 Å². The SMILES string of the molecule is CNCCCn1ccc2c1ccc[n+]2CC1=C(C(=O)O)N2C(=O)C(NC(=O)C(=NOC3(C(=O)O)CC3)c3nc(N)sc3Cl)C2SC1. The number of anilines is 1. The number of fused-ring (bicyclic) bond motifs is 2. The number of hydrogen-bond donors (Lipinski definition) is 5. The molecule has 0 bridgehead atoms. The summed E-state index contributed by atoms with van der Waals surface area (Å²) in [4.78, 5) is 61.4. The number of carbonyl (C=O) groups excluding carboxylic acids is 2. The zero-order chi connectivity index (χ0) is 32.7. The summed E-state index contributed by atoms with van der Waals surface area (Å²) in [5, 5.41) is 28.5. The van der Waals surface area contributed by atoms with E-state index >= 15 is 0 Å². The molecule has 0 radical (unpaired) electrons. The van der Waals surface area contributed by atoms with Gasteiger partial charge < -0.3 is 36.0 Å². The van der Waals surface area contributed by atoms with E-state index in [4.69, 9.17) is 22.2 Å².